The molecule has 6 fully saturated rings. The lowest BCUT2D eigenvalue weighted by atomic mass is 9.31. The first-order valence-electron chi connectivity index (χ1n) is 17.0. The molecule has 0 aromatic carbocycles. The summed E-state index contributed by atoms with van der Waals surface area (Å²) in [5.41, 5.74) is 1.81. The minimum absolute atomic E-state index is 0.000418. The largest absolute Gasteiger partial charge is 0.457 e. The fourth-order valence-corrected chi connectivity index (χ4v) is 13.0. The van der Waals surface area contributed by atoms with Crippen molar-refractivity contribution in [3.63, 3.8) is 0 Å². The second-order valence-electron chi connectivity index (χ2n) is 17.7. The number of fused-ring (bicyclic) bond motifs is 5. The molecule has 0 spiro atoms. The Morgan fingerprint density at radius 2 is 1.54 bits per heavy atom. The summed E-state index contributed by atoms with van der Waals surface area (Å²) >= 11 is 0. The van der Waals surface area contributed by atoms with Gasteiger partial charge in [-0.05, 0) is 115 Å². The summed E-state index contributed by atoms with van der Waals surface area (Å²) < 4.78 is 15.0. The normalized spacial score (nSPS) is 49.1. The predicted molar refractivity (Wildman–Crippen MR) is 161 cm³/mol. The van der Waals surface area contributed by atoms with E-state index in [-0.39, 0.29) is 17.5 Å². The van der Waals surface area contributed by atoms with Gasteiger partial charge in [-0.15, -0.1) is 0 Å². The fraction of sp³-hybridized carbons (Fsp3) is 0.838. The van der Waals surface area contributed by atoms with Gasteiger partial charge in [0, 0.05) is 17.5 Å². The summed E-state index contributed by atoms with van der Waals surface area (Å²) in [6.07, 6.45) is 17.3. The van der Waals surface area contributed by atoms with Crippen molar-refractivity contribution >= 4 is 5.97 Å². The van der Waals surface area contributed by atoms with Gasteiger partial charge in [0.25, 0.3) is 0 Å². The van der Waals surface area contributed by atoms with E-state index in [2.05, 4.69) is 48.5 Å². The molecule has 7 rings (SSSR count). The average Bonchev–Trinajstić information content (AvgIpc) is 3.25. The van der Waals surface area contributed by atoms with E-state index in [4.69, 9.17) is 9.47 Å². The van der Waals surface area contributed by atoms with Crippen LogP contribution in [0.25, 0.3) is 0 Å². The highest BCUT2D eigenvalue weighted by Crippen LogP contribution is 2.78. The average molecular weight is 563 g/mol. The molecule has 6 aliphatic rings. The first-order valence-corrected chi connectivity index (χ1v) is 17.0. The number of esters is 1. The number of carbonyl (C=O) groups is 1. The molecule has 2 bridgehead atoms. The molecule has 4 nitrogen and oxygen atoms in total. The van der Waals surface area contributed by atoms with Crippen LogP contribution in [0.4, 0.5) is 0 Å². The van der Waals surface area contributed by atoms with Gasteiger partial charge in [-0.1, -0.05) is 54.5 Å². The Kier molecular flexibility index (Phi) is 6.26. The summed E-state index contributed by atoms with van der Waals surface area (Å²) in [5.74, 6) is 2.79. The second-order valence-corrected chi connectivity index (χ2v) is 17.7. The fourth-order valence-electron chi connectivity index (χ4n) is 13.0. The van der Waals surface area contributed by atoms with E-state index in [9.17, 15) is 4.79 Å². The third kappa shape index (κ3) is 3.80. The summed E-state index contributed by atoms with van der Waals surface area (Å²) in [6, 6.07) is 5.92. The quantitative estimate of drug-likeness (QED) is 0.279. The summed E-state index contributed by atoms with van der Waals surface area (Å²) in [7, 11) is 0. The molecule has 2 heterocycles. The van der Waals surface area contributed by atoms with E-state index >= 15 is 0 Å². The molecule has 0 radical (unpaired) electrons. The smallest absolute Gasteiger partial charge is 0.372 e. The number of hydrogen-bond acceptors (Lipinski definition) is 3. The maximum Gasteiger partial charge on any atom is 0.372 e. The predicted octanol–water partition coefficient (Wildman–Crippen LogP) is 7.78. The molecule has 0 N–H and O–H groups in total. The lowest BCUT2D eigenvalue weighted by Gasteiger charge is -2.73. The van der Waals surface area contributed by atoms with E-state index in [0.29, 0.717) is 45.6 Å². The minimum atomic E-state index is -0.0973. The number of nitrogens with zero attached hydrogens (tertiary/aromatic N) is 1. The first kappa shape index (κ1) is 28.4. The topological polar surface area (TPSA) is 39.4 Å². The maximum atomic E-state index is 13.1. The molecule has 5 aliphatic carbocycles. The number of hydrogen-bond donors (Lipinski definition) is 0. The maximum absolute atomic E-state index is 13.1. The molecule has 41 heavy (non-hydrogen) atoms. The molecular weight excluding hydrogens is 506 g/mol. The molecule has 1 aliphatic heterocycles. The molecule has 1 saturated heterocycles. The van der Waals surface area contributed by atoms with Gasteiger partial charge in [0.15, 0.2) is 12.4 Å². The number of carbonyl (C=O) groups excluding carboxylic acids is 1. The molecule has 4 heteroatoms. The molecule has 5 saturated carbocycles. The van der Waals surface area contributed by atoms with Crippen LogP contribution in [-0.4, -0.2) is 24.8 Å². The zero-order valence-electron chi connectivity index (χ0n) is 27.0. The summed E-state index contributed by atoms with van der Waals surface area (Å²) in [4.78, 5) is 13.1. The summed E-state index contributed by atoms with van der Waals surface area (Å²) in [6.45, 7) is 19.3. The van der Waals surface area contributed by atoms with Crippen molar-refractivity contribution in [2.75, 3.05) is 6.61 Å². The Morgan fingerprint density at radius 3 is 2.29 bits per heavy atom. The van der Waals surface area contributed by atoms with Crippen molar-refractivity contribution in [2.45, 2.75) is 131 Å². The van der Waals surface area contributed by atoms with Gasteiger partial charge in [-0.3, -0.25) is 0 Å². The molecular formula is C37H56NO3+. The summed E-state index contributed by atoms with van der Waals surface area (Å²) in [5, 5.41) is 0. The van der Waals surface area contributed by atoms with Crippen LogP contribution in [0, 0.1) is 56.2 Å². The van der Waals surface area contributed by atoms with Gasteiger partial charge in [-0.25, -0.2) is 4.79 Å². The van der Waals surface area contributed by atoms with Gasteiger partial charge < -0.3 is 9.47 Å². The van der Waals surface area contributed by atoms with E-state index < -0.39 is 0 Å². The van der Waals surface area contributed by atoms with E-state index in [0.717, 1.165) is 30.8 Å². The standard InChI is InChI=1S/C37H56NO3/c1-32(2)17-19-37-20-18-35(6)25(30(37)31(32)40-24-37)11-12-27-34(5)15-14-28(33(3,4)26(34)13-16-36(27,35)7)41-29(39)23-38-21-9-8-10-22-38/h8-10,21-22,25-28,30-31H,11-20,23-24H2,1-7H3/q+1/t25?,26?,27?,28-,30?,31+,34-,35+,36+,37+/m0/s1. The SMILES string of the molecule is CC1(C)CC[C@]23CC[C@]4(C)C(CCC5[C@@]6(C)CC[C@H](OC(=O)C[n+]7ccccc7)C(C)(C)C6CC[C@]54C)C2[C@H]1OC3. The zero-order valence-corrected chi connectivity index (χ0v) is 27.0. The number of rotatable bonds is 3. The van der Waals surface area contributed by atoms with Crippen LogP contribution in [-0.2, 0) is 20.8 Å². The molecule has 226 valence electrons. The van der Waals surface area contributed by atoms with Crippen molar-refractivity contribution in [1.82, 2.24) is 0 Å². The van der Waals surface area contributed by atoms with E-state index in [1.807, 2.05) is 35.2 Å². The molecule has 10 atom stereocenters. The van der Waals surface area contributed by atoms with Crippen LogP contribution in [0.1, 0.15) is 113 Å². The zero-order chi connectivity index (χ0) is 29.1. The second kappa shape index (κ2) is 9.05. The Bertz CT molecular complexity index is 1190. The highest BCUT2D eigenvalue weighted by molar-refractivity contribution is 5.68. The Morgan fingerprint density at radius 1 is 0.805 bits per heavy atom. The van der Waals surface area contributed by atoms with Gasteiger partial charge in [0.2, 0.25) is 6.54 Å². The van der Waals surface area contributed by atoms with Crippen molar-refractivity contribution in [1.29, 1.82) is 0 Å². The molecule has 0 amide bonds. The molecule has 1 aromatic heterocycles. The van der Waals surface area contributed by atoms with Crippen molar-refractivity contribution in [3.8, 4) is 0 Å². The molecule has 1 aromatic rings. The Labute approximate surface area is 249 Å². The van der Waals surface area contributed by atoms with Crippen LogP contribution in [0.3, 0.4) is 0 Å². The van der Waals surface area contributed by atoms with Gasteiger partial charge in [-0.2, -0.15) is 4.57 Å². The van der Waals surface area contributed by atoms with Gasteiger partial charge in [0.05, 0.1) is 12.7 Å². The Balaban J connectivity index is 1.14. The van der Waals surface area contributed by atoms with E-state index in [1.54, 1.807) is 0 Å². The number of ether oxygens (including phenoxy) is 2. The van der Waals surface area contributed by atoms with Crippen molar-refractivity contribution in [3.05, 3.63) is 30.6 Å². The lowest BCUT2D eigenvalue weighted by Crippen LogP contribution is -2.68. The van der Waals surface area contributed by atoms with Gasteiger partial charge in [0.1, 0.15) is 6.10 Å². The van der Waals surface area contributed by atoms with Crippen LogP contribution in [0.5, 0.6) is 0 Å². The third-order valence-electron chi connectivity index (χ3n) is 15.4. The van der Waals surface area contributed by atoms with Crippen LogP contribution >= 0.6 is 0 Å². The van der Waals surface area contributed by atoms with Crippen LogP contribution in [0.15, 0.2) is 30.6 Å². The van der Waals surface area contributed by atoms with Gasteiger partial charge >= 0.3 is 5.97 Å². The highest BCUT2D eigenvalue weighted by atomic mass is 16.5. The monoisotopic (exact) mass is 562 g/mol. The van der Waals surface area contributed by atoms with Crippen LogP contribution < -0.4 is 4.57 Å². The van der Waals surface area contributed by atoms with Crippen molar-refractivity contribution < 1.29 is 18.8 Å². The first-order chi connectivity index (χ1) is 19.3. The lowest BCUT2D eigenvalue weighted by molar-refractivity contribution is -0.686. The van der Waals surface area contributed by atoms with Crippen LogP contribution in [0.2, 0.25) is 0 Å². The number of aromatic nitrogens is 1. The van der Waals surface area contributed by atoms with E-state index in [1.165, 1.54) is 57.8 Å². The minimum Gasteiger partial charge on any atom is -0.457 e. The third-order valence-corrected chi connectivity index (χ3v) is 15.4. The highest BCUT2D eigenvalue weighted by Gasteiger charge is 2.72. The number of pyridine rings is 1. The Hall–Kier alpha value is -1.42. The van der Waals surface area contributed by atoms with Crippen molar-refractivity contribution in [2.24, 2.45) is 56.2 Å². The molecule has 4 unspecified atom stereocenters.